The topological polar surface area (TPSA) is 90.9 Å². The first-order valence-electron chi connectivity index (χ1n) is 11.1. The third kappa shape index (κ3) is 6.17. The van der Waals surface area contributed by atoms with Crippen LogP contribution in [0, 0.1) is 0 Å². The second-order valence-electron chi connectivity index (χ2n) is 8.12. The quantitative estimate of drug-likeness (QED) is 0.185. The smallest absolute Gasteiger partial charge is 0.355 e. The summed E-state index contributed by atoms with van der Waals surface area (Å²) in [6.07, 6.45) is 2.89. The maximum absolute atomic E-state index is 15.9. The third-order valence-electron chi connectivity index (χ3n) is 5.17. The molecule has 1 N–H and O–H groups in total. The van der Waals surface area contributed by atoms with Crippen LogP contribution in [-0.2, 0) is 18.8 Å². The number of carbonyl (C=O) groups is 2. The molecule has 1 aliphatic rings. The van der Waals surface area contributed by atoms with E-state index in [0.717, 1.165) is 17.5 Å². The van der Waals surface area contributed by atoms with E-state index in [0.29, 0.717) is 10.3 Å². The van der Waals surface area contributed by atoms with Crippen molar-refractivity contribution in [3.05, 3.63) is 77.7 Å². The van der Waals surface area contributed by atoms with Gasteiger partial charge in [-0.3, -0.25) is 9.36 Å². The van der Waals surface area contributed by atoms with Gasteiger partial charge in [0.25, 0.3) is 0 Å². The highest BCUT2D eigenvalue weighted by Gasteiger charge is 2.41. The molecule has 3 atom stereocenters. The van der Waals surface area contributed by atoms with Crippen LogP contribution in [0.1, 0.15) is 40.9 Å². The van der Waals surface area contributed by atoms with Gasteiger partial charge in [-0.15, -0.1) is 11.3 Å². The molecule has 0 bridgehead atoms. The molecular weight excluding hydrogens is 492 g/mol. The maximum atomic E-state index is 15.9. The van der Waals surface area contributed by atoms with Crippen molar-refractivity contribution in [2.24, 2.45) is 0 Å². The summed E-state index contributed by atoms with van der Waals surface area (Å²) in [5.41, 5.74) is 0.0795. The number of hydrogen-bond acceptors (Lipinski definition) is 7. The number of hydrogen-bond donors (Lipinski definition) is 1. The fourth-order valence-corrected chi connectivity index (χ4v) is 6.11. The van der Waals surface area contributed by atoms with Crippen molar-refractivity contribution in [2.75, 3.05) is 6.61 Å². The molecule has 1 fully saturated rings. The molecular formula is C25H25FNO6PS. The average molecular weight is 518 g/mol. The standard InChI is InChI=1S/C25H25FNO6PS/c1-3-13-31-25(29)22-15-18-14-17(9-12-21(18)35-22)23(26)34(30,33-20-7-5-4-6-8-20)27-16(2)24(28)32-19-10-11-19/h3-9,12,14-16,19,23H,1,10-11,13H2,2H3,(H,27,30)/t16-,23+,34?/m0/s1. The molecule has 4 rings (SSSR count). The summed E-state index contributed by atoms with van der Waals surface area (Å²) in [7, 11) is -4.31. The van der Waals surface area contributed by atoms with Crippen LogP contribution in [0.4, 0.5) is 4.39 Å². The van der Waals surface area contributed by atoms with Gasteiger partial charge in [0.2, 0.25) is 5.91 Å². The zero-order valence-electron chi connectivity index (χ0n) is 19.0. The number of ether oxygens (including phenoxy) is 2. The van der Waals surface area contributed by atoms with E-state index in [9.17, 15) is 14.2 Å². The largest absolute Gasteiger partial charge is 0.461 e. The first-order valence-corrected chi connectivity index (χ1v) is 13.6. The van der Waals surface area contributed by atoms with Crippen LogP contribution in [0.25, 0.3) is 10.1 Å². The average Bonchev–Trinajstić information content (AvgIpc) is 3.56. The Morgan fingerprint density at radius 2 is 1.97 bits per heavy atom. The van der Waals surface area contributed by atoms with Crippen LogP contribution in [0.15, 0.2) is 67.3 Å². The van der Waals surface area contributed by atoms with Gasteiger partial charge in [0, 0.05) is 4.70 Å². The summed E-state index contributed by atoms with van der Waals surface area (Å²) in [6, 6.07) is 13.4. The SMILES string of the molecule is C=CCOC(=O)c1cc2cc([C@H](F)P(=O)(N[C@@H](C)C(=O)OC3CC3)Oc3ccccc3)ccc2s1. The number of thiophene rings is 1. The molecule has 0 saturated heterocycles. The Balaban J connectivity index is 1.61. The number of para-hydroxylation sites is 1. The van der Waals surface area contributed by atoms with Crippen LogP contribution in [0.5, 0.6) is 5.75 Å². The number of esters is 2. The Morgan fingerprint density at radius 1 is 1.23 bits per heavy atom. The summed E-state index contributed by atoms with van der Waals surface area (Å²) in [5, 5.41) is 3.16. The van der Waals surface area contributed by atoms with E-state index in [1.54, 1.807) is 42.5 Å². The van der Waals surface area contributed by atoms with Gasteiger partial charge < -0.3 is 14.0 Å². The van der Waals surface area contributed by atoms with Crippen LogP contribution in [-0.4, -0.2) is 30.7 Å². The van der Waals surface area contributed by atoms with Gasteiger partial charge in [-0.1, -0.05) is 36.9 Å². The van der Waals surface area contributed by atoms with Gasteiger partial charge in [0.15, 0.2) is 0 Å². The number of rotatable bonds is 11. The van der Waals surface area contributed by atoms with E-state index >= 15 is 4.39 Å². The summed E-state index contributed by atoms with van der Waals surface area (Å²) in [6.45, 7) is 5.05. The van der Waals surface area contributed by atoms with Crippen LogP contribution >= 0.6 is 18.9 Å². The fourth-order valence-electron chi connectivity index (χ4n) is 3.26. The first-order chi connectivity index (χ1) is 16.8. The maximum Gasteiger partial charge on any atom is 0.355 e. The van der Waals surface area contributed by atoms with Crippen molar-refractivity contribution in [3.8, 4) is 5.75 Å². The van der Waals surface area contributed by atoms with Gasteiger partial charge in [-0.25, -0.2) is 14.3 Å². The van der Waals surface area contributed by atoms with Crippen molar-refractivity contribution in [3.63, 3.8) is 0 Å². The van der Waals surface area contributed by atoms with E-state index in [4.69, 9.17) is 14.0 Å². The Labute approximate surface area is 206 Å². The Kier molecular flexibility index (Phi) is 7.69. The summed E-state index contributed by atoms with van der Waals surface area (Å²) in [5.74, 6) is -3.03. The lowest BCUT2D eigenvalue weighted by molar-refractivity contribution is -0.146. The highest BCUT2D eigenvalue weighted by molar-refractivity contribution is 7.57. The van der Waals surface area contributed by atoms with Gasteiger partial charge in [-0.2, -0.15) is 0 Å². The molecule has 2 aromatic carbocycles. The third-order valence-corrected chi connectivity index (χ3v) is 8.39. The molecule has 0 aliphatic heterocycles. The predicted molar refractivity (Wildman–Crippen MR) is 133 cm³/mol. The van der Waals surface area contributed by atoms with E-state index in [-0.39, 0.29) is 24.0 Å². The molecule has 7 nitrogen and oxygen atoms in total. The summed E-state index contributed by atoms with van der Waals surface area (Å²) < 4.78 is 46.5. The van der Waals surface area contributed by atoms with E-state index in [1.165, 1.54) is 36.5 Å². The molecule has 0 spiro atoms. The van der Waals surface area contributed by atoms with Crippen molar-refractivity contribution in [1.29, 1.82) is 0 Å². The predicted octanol–water partition coefficient (Wildman–Crippen LogP) is 6.17. The molecule has 35 heavy (non-hydrogen) atoms. The van der Waals surface area contributed by atoms with Crippen molar-refractivity contribution < 1.29 is 32.5 Å². The van der Waals surface area contributed by atoms with E-state index < -0.39 is 31.4 Å². The Hall–Kier alpha value is -3.00. The van der Waals surface area contributed by atoms with Crippen LogP contribution in [0.2, 0.25) is 0 Å². The molecule has 1 heterocycles. The zero-order valence-corrected chi connectivity index (χ0v) is 20.7. The minimum atomic E-state index is -4.31. The number of fused-ring (bicyclic) bond motifs is 1. The zero-order chi connectivity index (χ0) is 25.0. The number of benzene rings is 2. The molecule has 0 radical (unpaired) electrons. The lowest BCUT2D eigenvalue weighted by Gasteiger charge is -2.26. The van der Waals surface area contributed by atoms with Crippen LogP contribution < -0.4 is 9.61 Å². The molecule has 1 unspecified atom stereocenters. The molecule has 184 valence electrons. The minimum Gasteiger partial charge on any atom is -0.461 e. The van der Waals surface area contributed by atoms with Crippen molar-refractivity contribution in [2.45, 2.75) is 37.8 Å². The van der Waals surface area contributed by atoms with Crippen molar-refractivity contribution >= 4 is 40.9 Å². The van der Waals surface area contributed by atoms with Gasteiger partial charge >= 0.3 is 19.5 Å². The number of halogens is 1. The normalized spacial score (nSPS) is 16.6. The fraction of sp³-hybridized carbons (Fsp3) is 0.280. The molecule has 1 aliphatic carbocycles. The minimum absolute atomic E-state index is 0.0795. The van der Waals surface area contributed by atoms with Gasteiger partial charge in [-0.05, 0) is 61.0 Å². The first kappa shape index (κ1) is 25.1. The van der Waals surface area contributed by atoms with E-state index in [1.807, 2.05) is 0 Å². The molecule has 1 saturated carbocycles. The molecule has 10 heteroatoms. The van der Waals surface area contributed by atoms with E-state index in [2.05, 4.69) is 11.7 Å². The summed E-state index contributed by atoms with van der Waals surface area (Å²) in [4.78, 5) is 24.9. The number of carbonyl (C=O) groups excluding carboxylic acids is 2. The highest BCUT2D eigenvalue weighted by Crippen LogP contribution is 2.58. The molecule has 0 amide bonds. The monoisotopic (exact) mass is 517 g/mol. The number of nitrogens with one attached hydrogen (secondary N) is 1. The number of alkyl halides is 1. The van der Waals surface area contributed by atoms with Gasteiger partial charge in [0.1, 0.15) is 29.4 Å². The Bertz CT molecular complexity index is 1280. The molecule has 3 aromatic rings. The summed E-state index contributed by atoms with van der Waals surface area (Å²) >= 11 is 1.20. The van der Waals surface area contributed by atoms with Crippen LogP contribution in [0.3, 0.4) is 0 Å². The Morgan fingerprint density at radius 3 is 2.66 bits per heavy atom. The highest BCUT2D eigenvalue weighted by atomic mass is 32.1. The second-order valence-corrected chi connectivity index (χ2v) is 11.3. The lowest BCUT2D eigenvalue weighted by Crippen LogP contribution is -2.35. The van der Waals surface area contributed by atoms with Crippen molar-refractivity contribution in [1.82, 2.24) is 5.09 Å². The lowest BCUT2D eigenvalue weighted by atomic mass is 10.2. The second kappa shape index (κ2) is 10.7. The molecule has 1 aromatic heterocycles. The van der Waals surface area contributed by atoms with Gasteiger partial charge in [0.05, 0.1) is 0 Å².